The van der Waals surface area contributed by atoms with E-state index in [1.807, 2.05) is 0 Å². The lowest BCUT2D eigenvalue weighted by Gasteiger charge is -2.31. The van der Waals surface area contributed by atoms with E-state index in [2.05, 4.69) is 73.6 Å². The predicted molar refractivity (Wildman–Crippen MR) is 99.3 cm³/mol. The van der Waals surface area contributed by atoms with Crippen molar-refractivity contribution in [3.05, 3.63) is 40.5 Å². The molecule has 1 aliphatic heterocycles. The van der Waals surface area contributed by atoms with Crippen molar-refractivity contribution < 1.29 is 4.57 Å². The van der Waals surface area contributed by atoms with E-state index in [-0.39, 0.29) is 10.8 Å². The molecule has 22 heavy (non-hydrogen) atoms. The third kappa shape index (κ3) is 3.25. The topological polar surface area (TPSA) is 17.1 Å². The molecule has 1 aromatic carbocycles. The largest absolute Gasteiger partial charge is 0.318 e. The zero-order valence-corrected chi connectivity index (χ0v) is 16.4. The molecule has 1 aliphatic rings. The zero-order valence-electron chi connectivity index (χ0n) is 15.5. The molecule has 0 saturated heterocycles. The van der Waals surface area contributed by atoms with E-state index in [9.17, 15) is 4.57 Å². The molecule has 0 fully saturated rings. The van der Waals surface area contributed by atoms with Crippen molar-refractivity contribution in [2.45, 2.75) is 66.2 Å². The predicted octanol–water partition coefficient (Wildman–Crippen LogP) is 5.54. The fourth-order valence-electron chi connectivity index (χ4n) is 3.33. The third-order valence-corrected chi connectivity index (χ3v) is 7.81. The number of benzene rings is 1. The fourth-order valence-corrected chi connectivity index (χ4v) is 6.89. The minimum absolute atomic E-state index is 0.00918. The van der Waals surface area contributed by atoms with Crippen LogP contribution >= 0.6 is 7.14 Å². The molecular formula is C20H31OP. The van der Waals surface area contributed by atoms with Crippen LogP contribution in [-0.2, 0) is 15.4 Å². The van der Waals surface area contributed by atoms with Crippen LogP contribution in [0.15, 0.2) is 23.8 Å². The Hall–Kier alpha value is -0.810. The highest BCUT2D eigenvalue weighted by Crippen LogP contribution is 2.53. The Morgan fingerprint density at radius 1 is 0.955 bits per heavy atom. The van der Waals surface area contributed by atoms with Gasteiger partial charge < -0.3 is 4.57 Å². The molecule has 0 spiro atoms. The van der Waals surface area contributed by atoms with Gasteiger partial charge in [-0.2, -0.15) is 0 Å². The van der Waals surface area contributed by atoms with Crippen molar-refractivity contribution in [1.29, 1.82) is 0 Å². The molecule has 2 heteroatoms. The highest BCUT2D eigenvalue weighted by molar-refractivity contribution is 7.72. The first-order valence-corrected chi connectivity index (χ1v) is 10.3. The van der Waals surface area contributed by atoms with Crippen LogP contribution in [0.3, 0.4) is 0 Å². The summed E-state index contributed by atoms with van der Waals surface area (Å²) in [6.45, 7) is 17.7. The third-order valence-electron chi connectivity index (χ3n) is 4.62. The average molecular weight is 318 g/mol. The van der Waals surface area contributed by atoms with Crippen LogP contribution in [0.5, 0.6) is 0 Å². The van der Waals surface area contributed by atoms with Crippen LogP contribution in [0.1, 0.15) is 65.2 Å². The second kappa shape index (κ2) is 5.38. The molecular weight excluding hydrogens is 287 g/mol. The molecule has 2 rings (SSSR count). The minimum Gasteiger partial charge on any atom is -0.318 e. The van der Waals surface area contributed by atoms with Crippen molar-refractivity contribution in [3.8, 4) is 0 Å². The van der Waals surface area contributed by atoms with Gasteiger partial charge in [0.15, 0.2) is 0 Å². The Bertz CT molecular complexity index is 666. The molecule has 1 nitrogen and oxygen atoms in total. The number of rotatable bonds is 1. The number of hydrogen-bond donors (Lipinski definition) is 0. The number of aryl methyl sites for hydroxylation is 1. The fraction of sp³-hybridized carbons (Fsp3) is 0.600. The van der Waals surface area contributed by atoms with Crippen LogP contribution in [0.25, 0.3) is 0 Å². The molecule has 0 amide bonds. The summed E-state index contributed by atoms with van der Waals surface area (Å²) < 4.78 is 13.6. The van der Waals surface area contributed by atoms with E-state index in [1.165, 1.54) is 22.3 Å². The van der Waals surface area contributed by atoms with E-state index < -0.39 is 7.14 Å². The van der Waals surface area contributed by atoms with Gasteiger partial charge in [-0.1, -0.05) is 65.3 Å². The summed E-state index contributed by atoms with van der Waals surface area (Å²) in [5.41, 5.74) is 5.24. The Kier molecular flexibility index (Phi) is 4.29. The number of hydrogen-bond acceptors (Lipinski definition) is 1. The standard InChI is InChI=1S/C20H31OP/c1-14-9-10-22(21,13-14)18-15(2)11-16(19(3,4)5)12-17(18)20(6,7)8/h9,11-12H,10,13H2,1-8H3. The summed E-state index contributed by atoms with van der Waals surface area (Å²) in [6.07, 6.45) is 3.66. The van der Waals surface area contributed by atoms with Crippen LogP contribution in [0, 0.1) is 6.92 Å². The van der Waals surface area contributed by atoms with Gasteiger partial charge in [-0.05, 0) is 41.4 Å². The summed E-state index contributed by atoms with van der Waals surface area (Å²) in [6, 6.07) is 4.58. The second-order valence-electron chi connectivity index (χ2n) is 8.97. The zero-order chi connectivity index (χ0) is 16.9. The maximum absolute atomic E-state index is 13.6. The van der Waals surface area contributed by atoms with E-state index in [1.54, 1.807) is 0 Å². The molecule has 122 valence electrons. The smallest absolute Gasteiger partial charge is 0.123 e. The quantitative estimate of drug-likeness (QED) is 0.491. The van der Waals surface area contributed by atoms with Crippen LogP contribution in [0.2, 0.25) is 0 Å². The Balaban J connectivity index is 2.72. The first-order chi connectivity index (χ1) is 9.84. The Morgan fingerprint density at radius 3 is 1.95 bits per heavy atom. The van der Waals surface area contributed by atoms with E-state index in [4.69, 9.17) is 0 Å². The highest BCUT2D eigenvalue weighted by Gasteiger charge is 2.35. The molecule has 1 heterocycles. The van der Waals surface area contributed by atoms with Crippen LogP contribution < -0.4 is 5.30 Å². The van der Waals surface area contributed by atoms with Gasteiger partial charge in [0.2, 0.25) is 0 Å². The molecule has 0 bridgehead atoms. The lowest BCUT2D eigenvalue weighted by atomic mass is 9.79. The van der Waals surface area contributed by atoms with Crippen molar-refractivity contribution in [1.82, 2.24) is 0 Å². The molecule has 0 radical (unpaired) electrons. The van der Waals surface area contributed by atoms with Gasteiger partial charge in [-0.3, -0.25) is 0 Å². The second-order valence-corrected chi connectivity index (χ2v) is 11.9. The molecule has 1 aromatic rings. The summed E-state index contributed by atoms with van der Waals surface area (Å²) in [7, 11) is -2.31. The molecule has 0 aromatic heterocycles. The molecule has 0 saturated carbocycles. The van der Waals surface area contributed by atoms with Crippen molar-refractivity contribution >= 4 is 12.4 Å². The van der Waals surface area contributed by atoms with Gasteiger partial charge in [0.05, 0.1) is 0 Å². The SMILES string of the molecule is CC1=CCP(=O)(c2c(C)cc(C(C)(C)C)cc2C(C)(C)C)C1. The van der Waals surface area contributed by atoms with Gasteiger partial charge >= 0.3 is 0 Å². The van der Waals surface area contributed by atoms with Crippen molar-refractivity contribution in [2.75, 3.05) is 12.3 Å². The Morgan fingerprint density at radius 2 is 1.55 bits per heavy atom. The molecule has 1 atom stereocenters. The molecule has 0 N–H and O–H groups in total. The molecule has 1 unspecified atom stereocenters. The maximum atomic E-state index is 13.6. The first-order valence-electron chi connectivity index (χ1n) is 8.24. The number of allylic oxidation sites excluding steroid dienone is 2. The first kappa shape index (κ1) is 17.5. The van der Waals surface area contributed by atoms with Gasteiger partial charge in [0.25, 0.3) is 0 Å². The van der Waals surface area contributed by atoms with E-state index >= 15 is 0 Å². The van der Waals surface area contributed by atoms with E-state index in [0.29, 0.717) is 0 Å². The van der Waals surface area contributed by atoms with Gasteiger partial charge in [0, 0.05) is 17.6 Å². The molecule has 0 aliphatic carbocycles. The summed E-state index contributed by atoms with van der Waals surface area (Å²) in [5.74, 6) is 0. The average Bonchev–Trinajstić information content (AvgIpc) is 2.66. The summed E-state index contributed by atoms with van der Waals surface area (Å²) in [4.78, 5) is 0. The normalized spacial score (nSPS) is 22.8. The maximum Gasteiger partial charge on any atom is 0.123 e. The van der Waals surface area contributed by atoms with Gasteiger partial charge in [-0.25, -0.2) is 0 Å². The Labute approximate surface area is 136 Å². The lowest BCUT2D eigenvalue weighted by molar-refractivity contribution is 0.566. The summed E-state index contributed by atoms with van der Waals surface area (Å²) in [5, 5.41) is 1.15. The monoisotopic (exact) mass is 318 g/mol. The highest BCUT2D eigenvalue weighted by atomic mass is 31.2. The minimum atomic E-state index is -2.31. The van der Waals surface area contributed by atoms with Crippen LogP contribution in [-0.4, -0.2) is 12.3 Å². The van der Waals surface area contributed by atoms with Crippen molar-refractivity contribution in [2.24, 2.45) is 0 Å². The summed E-state index contributed by atoms with van der Waals surface area (Å²) >= 11 is 0. The lowest BCUT2D eigenvalue weighted by Crippen LogP contribution is -2.28. The van der Waals surface area contributed by atoms with E-state index in [0.717, 1.165) is 17.6 Å². The van der Waals surface area contributed by atoms with Crippen LogP contribution in [0.4, 0.5) is 0 Å². The van der Waals surface area contributed by atoms with Crippen molar-refractivity contribution in [3.63, 3.8) is 0 Å². The van der Waals surface area contributed by atoms with Gasteiger partial charge in [0.1, 0.15) is 7.14 Å². The van der Waals surface area contributed by atoms with Gasteiger partial charge in [-0.15, -0.1) is 0 Å².